The van der Waals surface area contributed by atoms with Gasteiger partial charge in [-0.2, -0.15) is 0 Å². The Hall–Kier alpha value is -0.290. The zero-order chi connectivity index (χ0) is 13.8. The van der Waals surface area contributed by atoms with Crippen molar-refractivity contribution in [3.05, 3.63) is 28.2 Å². The maximum Gasteiger partial charge on any atom is 0.242 e. The molecule has 1 aromatic rings. The van der Waals surface area contributed by atoms with Crippen molar-refractivity contribution < 1.29 is 8.42 Å². The summed E-state index contributed by atoms with van der Waals surface area (Å²) in [5, 5.41) is 0.304. The van der Waals surface area contributed by atoms with E-state index in [2.05, 4.69) is 4.72 Å². The van der Waals surface area contributed by atoms with Crippen LogP contribution in [0.2, 0.25) is 10.0 Å². The summed E-state index contributed by atoms with van der Waals surface area (Å²) in [6, 6.07) is 4.58. The van der Waals surface area contributed by atoms with Gasteiger partial charge >= 0.3 is 0 Å². The van der Waals surface area contributed by atoms with Crippen LogP contribution in [0.1, 0.15) is 26.7 Å². The van der Waals surface area contributed by atoms with E-state index in [0.29, 0.717) is 12.5 Å². The molecule has 1 N–H and O–H groups in total. The van der Waals surface area contributed by atoms with Gasteiger partial charge in [0.25, 0.3) is 0 Å². The number of hydrogen-bond donors (Lipinski definition) is 1. The van der Waals surface area contributed by atoms with E-state index in [0.717, 1.165) is 12.8 Å². The molecule has 0 atom stereocenters. The second kappa shape index (κ2) is 6.75. The third kappa shape index (κ3) is 3.85. The second-order valence-electron chi connectivity index (χ2n) is 4.09. The van der Waals surface area contributed by atoms with Gasteiger partial charge in [-0.15, -0.1) is 0 Å². The van der Waals surface area contributed by atoms with Crippen LogP contribution >= 0.6 is 23.2 Å². The quantitative estimate of drug-likeness (QED) is 0.870. The van der Waals surface area contributed by atoms with Crippen LogP contribution in [-0.2, 0) is 10.0 Å². The van der Waals surface area contributed by atoms with Crippen molar-refractivity contribution in [3.8, 4) is 0 Å². The molecule has 0 amide bonds. The molecule has 0 spiro atoms. The van der Waals surface area contributed by atoms with Crippen LogP contribution < -0.4 is 4.72 Å². The van der Waals surface area contributed by atoms with Gasteiger partial charge in [0.05, 0.1) is 10.0 Å². The van der Waals surface area contributed by atoms with E-state index in [1.807, 2.05) is 13.8 Å². The largest absolute Gasteiger partial charge is 0.242 e. The standard InChI is InChI=1S/C12H17Cl2NO2S/c1-3-9(4-2)8-15-18(16,17)11-7-5-6-10(13)12(11)14/h5-7,9,15H,3-4,8H2,1-2H3. The molecule has 0 bridgehead atoms. The molecule has 6 heteroatoms. The molecule has 0 aliphatic carbocycles. The molecule has 0 unspecified atom stereocenters. The van der Waals surface area contributed by atoms with Crippen LogP contribution in [0.15, 0.2) is 23.1 Å². The molecule has 0 fully saturated rings. The van der Waals surface area contributed by atoms with E-state index in [1.54, 1.807) is 12.1 Å². The van der Waals surface area contributed by atoms with Gasteiger partial charge in [-0.25, -0.2) is 13.1 Å². The maximum atomic E-state index is 12.1. The van der Waals surface area contributed by atoms with Gasteiger partial charge < -0.3 is 0 Å². The topological polar surface area (TPSA) is 46.2 Å². The van der Waals surface area contributed by atoms with E-state index >= 15 is 0 Å². The fourth-order valence-corrected chi connectivity index (χ4v) is 3.45. The fourth-order valence-electron chi connectivity index (χ4n) is 1.57. The summed E-state index contributed by atoms with van der Waals surface area (Å²) in [7, 11) is -3.60. The van der Waals surface area contributed by atoms with E-state index in [9.17, 15) is 8.42 Å². The van der Waals surface area contributed by atoms with Crippen LogP contribution in [0.25, 0.3) is 0 Å². The van der Waals surface area contributed by atoms with Crippen LogP contribution in [0.3, 0.4) is 0 Å². The molecule has 0 heterocycles. The van der Waals surface area contributed by atoms with Crippen LogP contribution in [0.4, 0.5) is 0 Å². The zero-order valence-electron chi connectivity index (χ0n) is 10.4. The van der Waals surface area contributed by atoms with Gasteiger partial charge in [-0.05, 0) is 18.1 Å². The maximum absolute atomic E-state index is 12.1. The van der Waals surface area contributed by atoms with Gasteiger partial charge in [0.1, 0.15) is 4.90 Å². The summed E-state index contributed by atoms with van der Waals surface area (Å²) in [5.41, 5.74) is 0. The monoisotopic (exact) mass is 309 g/mol. The van der Waals surface area contributed by atoms with Gasteiger partial charge in [0.2, 0.25) is 10.0 Å². The Morgan fingerprint density at radius 1 is 1.22 bits per heavy atom. The van der Waals surface area contributed by atoms with E-state index in [1.165, 1.54) is 6.07 Å². The summed E-state index contributed by atoms with van der Waals surface area (Å²) >= 11 is 11.7. The van der Waals surface area contributed by atoms with Crippen molar-refractivity contribution in [2.75, 3.05) is 6.54 Å². The Labute approximate surface area is 119 Å². The molecule has 0 saturated carbocycles. The minimum Gasteiger partial charge on any atom is -0.211 e. The molecular weight excluding hydrogens is 293 g/mol. The predicted octanol–water partition coefficient (Wildman–Crippen LogP) is 3.71. The van der Waals surface area contributed by atoms with Crippen molar-refractivity contribution in [1.82, 2.24) is 4.72 Å². The Kier molecular flexibility index (Phi) is 5.92. The lowest BCUT2D eigenvalue weighted by Crippen LogP contribution is -2.29. The average Bonchev–Trinajstić information content (AvgIpc) is 2.33. The number of benzene rings is 1. The molecule has 1 rings (SSSR count). The lowest BCUT2D eigenvalue weighted by atomic mass is 10.0. The van der Waals surface area contributed by atoms with Crippen molar-refractivity contribution in [2.45, 2.75) is 31.6 Å². The first-order valence-corrected chi connectivity index (χ1v) is 8.10. The van der Waals surface area contributed by atoms with Gasteiger partial charge in [-0.3, -0.25) is 0 Å². The lowest BCUT2D eigenvalue weighted by Gasteiger charge is -2.14. The minimum atomic E-state index is -3.60. The normalized spacial score (nSPS) is 12.1. The lowest BCUT2D eigenvalue weighted by molar-refractivity contribution is 0.479. The van der Waals surface area contributed by atoms with Crippen molar-refractivity contribution in [2.24, 2.45) is 5.92 Å². The number of nitrogens with one attached hydrogen (secondary N) is 1. The number of rotatable bonds is 6. The highest BCUT2D eigenvalue weighted by atomic mass is 35.5. The first-order chi connectivity index (χ1) is 8.42. The molecule has 102 valence electrons. The highest BCUT2D eigenvalue weighted by Gasteiger charge is 2.20. The van der Waals surface area contributed by atoms with Crippen molar-refractivity contribution in [3.63, 3.8) is 0 Å². The third-order valence-corrected chi connectivity index (χ3v) is 5.32. The highest BCUT2D eigenvalue weighted by Crippen LogP contribution is 2.28. The summed E-state index contributed by atoms with van der Waals surface area (Å²) in [5.74, 6) is 0.331. The van der Waals surface area contributed by atoms with Gasteiger partial charge in [0.15, 0.2) is 0 Å². The Balaban J connectivity index is 2.90. The van der Waals surface area contributed by atoms with Crippen LogP contribution in [0.5, 0.6) is 0 Å². The Morgan fingerprint density at radius 3 is 2.39 bits per heavy atom. The zero-order valence-corrected chi connectivity index (χ0v) is 12.7. The Morgan fingerprint density at radius 2 is 1.83 bits per heavy atom. The Bertz CT molecular complexity index is 499. The van der Waals surface area contributed by atoms with Crippen LogP contribution in [-0.4, -0.2) is 15.0 Å². The molecule has 1 aromatic carbocycles. The summed E-state index contributed by atoms with van der Waals surface area (Å²) < 4.78 is 26.7. The van der Waals surface area contributed by atoms with Gasteiger partial charge in [0, 0.05) is 6.54 Å². The molecule has 0 aromatic heterocycles. The third-order valence-electron chi connectivity index (χ3n) is 2.92. The molecule has 0 aliphatic heterocycles. The van der Waals surface area contributed by atoms with E-state index in [4.69, 9.17) is 23.2 Å². The first kappa shape index (κ1) is 15.8. The van der Waals surface area contributed by atoms with Crippen LogP contribution in [0, 0.1) is 5.92 Å². The smallest absolute Gasteiger partial charge is 0.211 e. The van der Waals surface area contributed by atoms with E-state index < -0.39 is 10.0 Å². The summed E-state index contributed by atoms with van der Waals surface area (Å²) in [4.78, 5) is 0.0302. The first-order valence-electron chi connectivity index (χ1n) is 5.86. The number of hydrogen-bond acceptors (Lipinski definition) is 2. The summed E-state index contributed by atoms with van der Waals surface area (Å²) in [6.07, 6.45) is 1.87. The van der Waals surface area contributed by atoms with E-state index in [-0.39, 0.29) is 14.9 Å². The van der Waals surface area contributed by atoms with Crippen molar-refractivity contribution >= 4 is 33.2 Å². The molecule has 3 nitrogen and oxygen atoms in total. The van der Waals surface area contributed by atoms with Gasteiger partial charge in [-0.1, -0.05) is 56.0 Å². The molecule has 18 heavy (non-hydrogen) atoms. The molecule has 0 radical (unpaired) electrons. The summed E-state index contributed by atoms with van der Waals surface area (Å²) in [6.45, 7) is 4.49. The highest BCUT2D eigenvalue weighted by molar-refractivity contribution is 7.89. The molecule has 0 saturated heterocycles. The molecular formula is C12H17Cl2NO2S. The van der Waals surface area contributed by atoms with Crippen molar-refractivity contribution in [1.29, 1.82) is 0 Å². The predicted molar refractivity (Wildman–Crippen MR) is 75.7 cm³/mol. The minimum absolute atomic E-state index is 0.0302. The number of sulfonamides is 1. The SMILES string of the molecule is CCC(CC)CNS(=O)(=O)c1cccc(Cl)c1Cl. The molecule has 0 aliphatic rings. The number of halogens is 2. The average molecular weight is 310 g/mol. The second-order valence-corrected chi connectivity index (χ2v) is 6.61. The fraction of sp³-hybridized carbons (Fsp3) is 0.500.